The van der Waals surface area contributed by atoms with E-state index >= 15 is 0 Å². The van der Waals surface area contributed by atoms with Crippen molar-refractivity contribution >= 4 is 5.52 Å². The zero-order valence-corrected chi connectivity index (χ0v) is 10.2. The maximum absolute atomic E-state index is 9.89. The molecule has 0 atom stereocenters. The number of rotatable bonds is 2. The summed E-state index contributed by atoms with van der Waals surface area (Å²) < 4.78 is 1.78. The van der Waals surface area contributed by atoms with Crippen molar-refractivity contribution in [3.05, 3.63) is 65.6 Å². The predicted molar refractivity (Wildman–Crippen MR) is 70.8 cm³/mol. The Hall–Kier alpha value is -2.29. The van der Waals surface area contributed by atoms with Gasteiger partial charge in [0.25, 0.3) is 0 Å². The quantitative estimate of drug-likeness (QED) is 0.745. The molecule has 18 heavy (non-hydrogen) atoms. The largest absolute Gasteiger partial charge is 0.494 e. The summed E-state index contributed by atoms with van der Waals surface area (Å²) in [5.41, 5.74) is 3.35. The van der Waals surface area contributed by atoms with Crippen molar-refractivity contribution in [3.63, 3.8) is 0 Å². The van der Waals surface area contributed by atoms with Gasteiger partial charge in [-0.15, -0.1) is 0 Å². The third-order valence-electron chi connectivity index (χ3n) is 3.09. The van der Waals surface area contributed by atoms with Crippen LogP contribution in [-0.4, -0.2) is 14.5 Å². The van der Waals surface area contributed by atoms with Crippen LogP contribution in [0.25, 0.3) is 5.52 Å². The van der Waals surface area contributed by atoms with E-state index in [0.29, 0.717) is 6.42 Å². The molecule has 0 radical (unpaired) electrons. The fraction of sp³-hybridized carbons (Fsp3) is 0.133. The summed E-state index contributed by atoms with van der Waals surface area (Å²) in [6.45, 7) is 2.07. The molecular weight excluding hydrogens is 224 g/mol. The number of benzene rings is 1. The summed E-state index contributed by atoms with van der Waals surface area (Å²) in [6, 6.07) is 13.8. The molecule has 0 aliphatic carbocycles. The van der Waals surface area contributed by atoms with Crippen LogP contribution < -0.4 is 0 Å². The van der Waals surface area contributed by atoms with Crippen molar-refractivity contribution in [1.29, 1.82) is 0 Å². The van der Waals surface area contributed by atoms with Gasteiger partial charge in [-0.05, 0) is 24.6 Å². The number of aromatic nitrogens is 2. The first kappa shape index (κ1) is 10.8. The Morgan fingerprint density at radius 1 is 1.11 bits per heavy atom. The lowest BCUT2D eigenvalue weighted by Gasteiger charge is -2.04. The number of fused-ring (bicyclic) bond motifs is 1. The van der Waals surface area contributed by atoms with E-state index in [1.54, 1.807) is 16.7 Å². The number of pyridine rings is 1. The molecule has 2 aromatic heterocycles. The van der Waals surface area contributed by atoms with Crippen LogP contribution in [-0.2, 0) is 6.42 Å². The number of aromatic hydroxyl groups is 1. The Kier molecular flexibility index (Phi) is 2.52. The SMILES string of the molecule is Cc1ccc(Cc2ncc3cccc(O)n23)cc1. The first-order chi connectivity index (χ1) is 8.74. The van der Waals surface area contributed by atoms with E-state index in [0.717, 1.165) is 11.3 Å². The second-order valence-electron chi connectivity index (χ2n) is 4.48. The van der Waals surface area contributed by atoms with Gasteiger partial charge in [-0.1, -0.05) is 35.9 Å². The second-order valence-corrected chi connectivity index (χ2v) is 4.48. The van der Waals surface area contributed by atoms with Crippen molar-refractivity contribution in [1.82, 2.24) is 9.38 Å². The molecule has 0 saturated heterocycles. The zero-order chi connectivity index (χ0) is 12.5. The van der Waals surface area contributed by atoms with Gasteiger partial charge in [0, 0.05) is 6.42 Å². The molecule has 1 aromatic carbocycles. The molecule has 0 bridgehead atoms. The summed E-state index contributed by atoms with van der Waals surface area (Å²) in [6.07, 6.45) is 2.50. The van der Waals surface area contributed by atoms with E-state index in [-0.39, 0.29) is 5.88 Å². The molecule has 0 unspecified atom stereocenters. The molecule has 2 heterocycles. The first-order valence-electron chi connectivity index (χ1n) is 5.94. The molecule has 90 valence electrons. The number of nitrogens with zero attached hydrogens (tertiary/aromatic N) is 2. The molecule has 0 saturated carbocycles. The van der Waals surface area contributed by atoms with Crippen LogP contribution in [0.4, 0.5) is 0 Å². The Morgan fingerprint density at radius 3 is 2.67 bits per heavy atom. The highest BCUT2D eigenvalue weighted by Gasteiger charge is 2.07. The average Bonchev–Trinajstić information content (AvgIpc) is 2.77. The second kappa shape index (κ2) is 4.18. The molecule has 0 fully saturated rings. The minimum absolute atomic E-state index is 0.229. The van der Waals surface area contributed by atoms with E-state index in [4.69, 9.17) is 0 Å². The highest BCUT2D eigenvalue weighted by Crippen LogP contribution is 2.18. The third-order valence-corrected chi connectivity index (χ3v) is 3.09. The minimum Gasteiger partial charge on any atom is -0.494 e. The van der Waals surface area contributed by atoms with Gasteiger partial charge >= 0.3 is 0 Å². The van der Waals surface area contributed by atoms with Gasteiger partial charge < -0.3 is 5.11 Å². The number of aryl methyl sites for hydroxylation is 1. The lowest BCUT2D eigenvalue weighted by atomic mass is 10.1. The number of hydrogen-bond acceptors (Lipinski definition) is 2. The van der Waals surface area contributed by atoms with Crippen LogP contribution in [0, 0.1) is 6.92 Å². The molecule has 1 N–H and O–H groups in total. The van der Waals surface area contributed by atoms with Gasteiger partial charge in [-0.25, -0.2) is 4.98 Å². The van der Waals surface area contributed by atoms with Gasteiger partial charge in [-0.2, -0.15) is 0 Å². The Morgan fingerprint density at radius 2 is 1.89 bits per heavy atom. The molecule has 0 amide bonds. The van der Waals surface area contributed by atoms with Gasteiger partial charge in [0.15, 0.2) is 5.88 Å². The molecule has 3 heteroatoms. The molecule has 0 aliphatic rings. The van der Waals surface area contributed by atoms with Crippen LogP contribution in [0.3, 0.4) is 0 Å². The van der Waals surface area contributed by atoms with Crippen LogP contribution >= 0.6 is 0 Å². The fourth-order valence-corrected chi connectivity index (χ4v) is 2.11. The smallest absolute Gasteiger partial charge is 0.197 e. The van der Waals surface area contributed by atoms with E-state index in [1.165, 1.54) is 11.1 Å². The average molecular weight is 238 g/mol. The Labute approximate surface area is 105 Å². The van der Waals surface area contributed by atoms with Crippen molar-refractivity contribution < 1.29 is 5.11 Å². The topological polar surface area (TPSA) is 37.5 Å². The zero-order valence-electron chi connectivity index (χ0n) is 10.2. The first-order valence-corrected chi connectivity index (χ1v) is 5.94. The summed E-state index contributed by atoms with van der Waals surface area (Å²) in [7, 11) is 0. The summed E-state index contributed by atoms with van der Waals surface area (Å²) in [4.78, 5) is 4.38. The van der Waals surface area contributed by atoms with Crippen molar-refractivity contribution in [2.75, 3.05) is 0 Å². The molecule has 0 aliphatic heterocycles. The highest BCUT2D eigenvalue weighted by atomic mass is 16.3. The Bertz CT molecular complexity index is 683. The maximum atomic E-state index is 9.89. The van der Waals surface area contributed by atoms with Gasteiger partial charge in [0.1, 0.15) is 5.82 Å². The van der Waals surface area contributed by atoms with Crippen molar-refractivity contribution in [2.45, 2.75) is 13.3 Å². The van der Waals surface area contributed by atoms with Gasteiger partial charge in [0.2, 0.25) is 0 Å². The molecular formula is C15H14N2O. The lowest BCUT2D eigenvalue weighted by Crippen LogP contribution is -1.97. The molecule has 3 aromatic rings. The van der Waals surface area contributed by atoms with E-state index in [9.17, 15) is 5.11 Å². The van der Waals surface area contributed by atoms with Crippen LogP contribution in [0.1, 0.15) is 17.0 Å². The molecule has 3 rings (SSSR count). The van der Waals surface area contributed by atoms with Crippen molar-refractivity contribution in [2.24, 2.45) is 0 Å². The van der Waals surface area contributed by atoms with Crippen LogP contribution in [0.15, 0.2) is 48.7 Å². The number of hydrogen-bond donors (Lipinski definition) is 1. The summed E-state index contributed by atoms with van der Waals surface area (Å²) in [5, 5.41) is 9.89. The van der Waals surface area contributed by atoms with Gasteiger partial charge in [-0.3, -0.25) is 4.40 Å². The Balaban J connectivity index is 2.02. The normalized spacial score (nSPS) is 10.9. The minimum atomic E-state index is 0.229. The number of imidazole rings is 1. The third kappa shape index (κ3) is 1.84. The van der Waals surface area contributed by atoms with Crippen LogP contribution in [0.2, 0.25) is 0 Å². The maximum Gasteiger partial charge on any atom is 0.197 e. The van der Waals surface area contributed by atoms with Crippen LogP contribution in [0.5, 0.6) is 5.88 Å². The molecule has 3 nitrogen and oxygen atoms in total. The lowest BCUT2D eigenvalue weighted by molar-refractivity contribution is 0.443. The van der Waals surface area contributed by atoms with Crippen molar-refractivity contribution in [3.8, 4) is 5.88 Å². The predicted octanol–water partition coefficient (Wildman–Crippen LogP) is 2.94. The highest BCUT2D eigenvalue weighted by molar-refractivity contribution is 5.49. The summed E-state index contributed by atoms with van der Waals surface area (Å²) in [5.74, 6) is 1.08. The van der Waals surface area contributed by atoms with E-state index < -0.39 is 0 Å². The van der Waals surface area contributed by atoms with E-state index in [1.807, 2.05) is 12.1 Å². The van der Waals surface area contributed by atoms with E-state index in [2.05, 4.69) is 36.2 Å². The summed E-state index contributed by atoms with van der Waals surface area (Å²) >= 11 is 0. The standard InChI is InChI=1S/C15H14N2O/c1-11-5-7-12(8-6-11)9-14-16-10-13-3-2-4-15(18)17(13)14/h2-8,10,18H,9H2,1H3. The molecule has 0 spiro atoms. The monoisotopic (exact) mass is 238 g/mol. The van der Waals surface area contributed by atoms with Gasteiger partial charge in [0.05, 0.1) is 11.7 Å². The fourth-order valence-electron chi connectivity index (χ4n) is 2.11.